The van der Waals surface area contributed by atoms with Gasteiger partial charge < -0.3 is 9.64 Å². The lowest BCUT2D eigenvalue weighted by Crippen LogP contribution is -2.48. The van der Waals surface area contributed by atoms with E-state index in [4.69, 9.17) is 10.00 Å². The number of rotatable bonds is 6. The molecule has 0 bridgehead atoms. The van der Waals surface area contributed by atoms with Crippen LogP contribution in [0, 0.1) is 11.3 Å². The van der Waals surface area contributed by atoms with Crippen LogP contribution in [0.25, 0.3) is 0 Å². The number of para-hydroxylation sites is 1. The minimum absolute atomic E-state index is 0.0118. The molecule has 1 aliphatic rings. The lowest BCUT2D eigenvalue weighted by atomic mass is 10.1. The van der Waals surface area contributed by atoms with Gasteiger partial charge in [0.2, 0.25) is 0 Å². The summed E-state index contributed by atoms with van der Waals surface area (Å²) in [5.74, 6) is 0.240. The molecule has 6 nitrogen and oxygen atoms in total. The number of sulfone groups is 1. The molecule has 1 aromatic carbocycles. The zero-order chi connectivity index (χ0) is 17.7. The molecule has 0 N–H and O–H groups in total. The van der Waals surface area contributed by atoms with Crippen molar-refractivity contribution < 1.29 is 17.9 Å². The van der Waals surface area contributed by atoms with Gasteiger partial charge in [0.05, 0.1) is 17.1 Å². The molecule has 7 heteroatoms. The number of benzene rings is 1. The van der Waals surface area contributed by atoms with Gasteiger partial charge in [-0.05, 0) is 31.9 Å². The van der Waals surface area contributed by atoms with Crippen molar-refractivity contribution in [2.45, 2.75) is 38.8 Å². The van der Waals surface area contributed by atoms with Gasteiger partial charge in [0.1, 0.15) is 11.8 Å². The number of hydrogen-bond donors (Lipinski definition) is 0. The average Bonchev–Trinajstić information content (AvgIpc) is 2.92. The molecule has 0 aliphatic carbocycles. The summed E-state index contributed by atoms with van der Waals surface area (Å²) in [6.45, 7) is 3.66. The van der Waals surface area contributed by atoms with Crippen LogP contribution < -0.4 is 4.74 Å². The third-order valence-corrected chi connectivity index (χ3v) is 6.06. The normalized spacial score (nSPS) is 20.1. The summed E-state index contributed by atoms with van der Waals surface area (Å²) in [6.07, 6.45) is 1.20. The molecule has 130 valence electrons. The van der Waals surface area contributed by atoms with E-state index in [0.717, 1.165) is 6.42 Å². The zero-order valence-corrected chi connectivity index (χ0v) is 14.8. The van der Waals surface area contributed by atoms with Crippen LogP contribution in [0.15, 0.2) is 24.3 Å². The molecular formula is C17H22N2O4S. The summed E-state index contributed by atoms with van der Waals surface area (Å²) < 4.78 is 29.0. The predicted molar refractivity (Wildman–Crippen MR) is 90.3 cm³/mol. The fourth-order valence-corrected chi connectivity index (χ4v) is 4.61. The minimum Gasteiger partial charge on any atom is -0.482 e. The number of carbonyl (C=O) groups is 1. The topological polar surface area (TPSA) is 87.5 Å². The van der Waals surface area contributed by atoms with Gasteiger partial charge in [0.15, 0.2) is 16.4 Å². The summed E-state index contributed by atoms with van der Waals surface area (Å²) in [6, 6.07) is 8.37. The van der Waals surface area contributed by atoms with E-state index >= 15 is 0 Å². The van der Waals surface area contributed by atoms with Crippen molar-refractivity contribution >= 4 is 15.7 Å². The van der Waals surface area contributed by atoms with Gasteiger partial charge in [-0.2, -0.15) is 5.26 Å². The van der Waals surface area contributed by atoms with Crippen molar-refractivity contribution in [2.75, 3.05) is 18.1 Å². The van der Waals surface area contributed by atoms with E-state index in [1.165, 1.54) is 0 Å². The molecule has 0 unspecified atom stereocenters. The van der Waals surface area contributed by atoms with Crippen molar-refractivity contribution in [3.05, 3.63) is 29.8 Å². The predicted octanol–water partition coefficient (Wildman–Crippen LogP) is 1.75. The first-order valence-corrected chi connectivity index (χ1v) is 9.83. The Morgan fingerprint density at radius 3 is 2.75 bits per heavy atom. The first-order valence-electron chi connectivity index (χ1n) is 8.01. The van der Waals surface area contributed by atoms with Crippen molar-refractivity contribution in [2.24, 2.45) is 0 Å². The Hall–Kier alpha value is -2.07. The molecule has 0 saturated carbocycles. The molecule has 0 spiro atoms. The van der Waals surface area contributed by atoms with Gasteiger partial charge in [-0.15, -0.1) is 0 Å². The Morgan fingerprint density at radius 1 is 1.46 bits per heavy atom. The highest BCUT2D eigenvalue weighted by Gasteiger charge is 2.36. The summed E-state index contributed by atoms with van der Waals surface area (Å²) in [5.41, 5.74) is 0.365. The molecule has 2 rings (SSSR count). The van der Waals surface area contributed by atoms with Crippen LogP contribution in [-0.4, -0.2) is 49.4 Å². The van der Waals surface area contributed by atoms with Crippen molar-refractivity contribution in [3.63, 3.8) is 0 Å². The lowest BCUT2D eigenvalue weighted by Gasteiger charge is -2.33. The molecule has 1 amide bonds. The second-order valence-electron chi connectivity index (χ2n) is 6.01. The SMILES string of the molecule is CC[C@@H](C)N(C(=O)COc1ccccc1C#N)[C@H]1CCS(=O)(=O)C1. The maximum atomic E-state index is 12.6. The van der Waals surface area contributed by atoms with Gasteiger partial charge in [0.25, 0.3) is 5.91 Å². The smallest absolute Gasteiger partial charge is 0.261 e. The minimum atomic E-state index is -3.07. The van der Waals surface area contributed by atoms with Gasteiger partial charge in [-0.1, -0.05) is 19.1 Å². The Kier molecular flexibility index (Phi) is 5.84. The number of nitriles is 1. The van der Waals surface area contributed by atoms with Crippen LogP contribution in [0.4, 0.5) is 0 Å². The second kappa shape index (κ2) is 7.67. The Bertz CT molecular complexity index is 739. The molecule has 24 heavy (non-hydrogen) atoms. The molecule has 2 atom stereocenters. The van der Waals surface area contributed by atoms with E-state index in [-0.39, 0.29) is 36.1 Å². The Morgan fingerprint density at radius 2 is 2.17 bits per heavy atom. The molecule has 0 radical (unpaired) electrons. The number of amides is 1. The van der Waals surface area contributed by atoms with Gasteiger partial charge in [-0.25, -0.2) is 8.42 Å². The zero-order valence-electron chi connectivity index (χ0n) is 13.9. The van der Waals surface area contributed by atoms with Crippen LogP contribution in [0.1, 0.15) is 32.3 Å². The summed E-state index contributed by atoms with van der Waals surface area (Å²) >= 11 is 0. The van der Waals surface area contributed by atoms with Crippen molar-refractivity contribution in [1.82, 2.24) is 4.90 Å². The fraction of sp³-hybridized carbons (Fsp3) is 0.529. The molecule has 1 heterocycles. The highest BCUT2D eigenvalue weighted by Crippen LogP contribution is 2.22. The van der Waals surface area contributed by atoms with Gasteiger partial charge in [0, 0.05) is 12.1 Å². The van der Waals surface area contributed by atoms with E-state index in [1.807, 2.05) is 19.9 Å². The first kappa shape index (κ1) is 18.3. The number of nitrogens with zero attached hydrogens (tertiary/aromatic N) is 2. The van der Waals surface area contributed by atoms with E-state index in [1.54, 1.807) is 29.2 Å². The van der Waals surface area contributed by atoms with Crippen molar-refractivity contribution in [1.29, 1.82) is 5.26 Å². The number of carbonyl (C=O) groups excluding carboxylic acids is 1. The van der Waals surface area contributed by atoms with Gasteiger partial charge >= 0.3 is 0 Å². The summed E-state index contributed by atoms with van der Waals surface area (Å²) in [5, 5.41) is 9.06. The third-order valence-electron chi connectivity index (χ3n) is 4.31. The van der Waals surface area contributed by atoms with E-state index in [9.17, 15) is 13.2 Å². The molecule has 1 fully saturated rings. The van der Waals surface area contributed by atoms with Gasteiger partial charge in [-0.3, -0.25) is 4.79 Å². The lowest BCUT2D eigenvalue weighted by molar-refractivity contribution is -0.137. The van der Waals surface area contributed by atoms with Crippen LogP contribution in [0.5, 0.6) is 5.75 Å². The Labute approximate surface area is 142 Å². The van der Waals surface area contributed by atoms with Crippen LogP contribution in [0.2, 0.25) is 0 Å². The van der Waals surface area contributed by atoms with E-state index < -0.39 is 9.84 Å². The highest BCUT2D eigenvalue weighted by atomic mass is 32.2. The van der Waals surface area contributed by atoms with E-state index in [2.05, 4.69) is 0 Å². The summed E-state index contributed by atoms with van der Waals surface area (Å²) in [7, 11) is -3.07. The molecule has 0 aromatic heterocycles. The molecule has 1 saturated heterocycles. The molecule has 1 aliphatic heterocycles. The Balaban J connectivity index is 2.10. The van der Waals surface area contributed by atoms with E-state index in [0.29, 0.717) is 17.7 Å². The maximum absolute atomic E-state index is 12.6. The van der Waals surface area contributed by atoms with Crippen LogP contribution in [-0.2, 0) is 14.6 Å². The first-order chi connectivity index (χ1) is 11.4. The van der Waals surface area contributed by atoms with Crippen molar-refractivity contribution in [3.8, 4) is 11.8 Å². The number of ether oxygens (including phenoxy) is 1. The highest BCUT2D eigenvalue weighted by molar-refractivity contribution is 7.91. The van der Waals surface area contributed by atoms with Crippen LogP contribution in [0.3, 0.4) is 0 Å². The molecular weight excluding hydrogens is 328 g/mol. The molecule has 1 aromatic rings. The maximum Gasteiger partial charge on any atom is 0.261 e. The quantitative estimate of drug-likeness (QED) is 0.780. The monoisotopic (exact) mass is 350 g/mol. The summed E-state index contributed by atoms with van der Waals surface area (Å²) in [4.78, 5) is 14.3. The van der Waals surface area contributed by atoms with Crippen LogP contribution >= 0.6 is 0 Å². The second-order valence-corrected chi connectivity index (χ2v) is 8.24. The fourth-order valence-electron chi connectivity index (χ4n) is 2.90. The third kappa shape index (κ3) is 4.26. The standard InChI is InChI=1S/C17H22N2O4S/c1-3-13(2)19(15-8-9-24(21,22)12-15)17(20)11-23-16-7-5-4-6-14(16)10-18/h4-7,13,15H,3,8-9,11-12H2,1-2H3/t13-,15+/m1/s1. The average molecular weight is 350 g/mol. The number of hydrogen-bond acceptors (Lipinski definition) is 5. The largest absolute Gasteiger partial charge is 0.482 e.